The summed E-state index contributed by atoms with van der Waals surface area (Å²) in [5, 5.41) is 10.1. The van der Waals surface area contributed by atoms with Gasteiger partial charge < -0.3 is 15.1 Å². The van der Waals surface area contributed by atoms with Crippen molar-refractivity contribution in [1.29, 1.82) is 0 Å². The van der Waals surface area contributed by atoms with Gasteiger partial charge >= 0.3 is 0 Å². The molecule has 2 saturated carbocycles. The number of carbonyl (C=O) groups excluding carboxylic acids is 1. The van der Waals surface area contributed by atoms with Gasteiger partial charge in [0.05, 0.1) is 29.0 Å². The molecule has 12 heteroatoms. The van der Waals surface area contributed by atoms with Crippen LogP contribution in [0.25, 0.3) is 16.6 Å². The van der Waals surface area contributed by atoms with Crippen LogP contribution >= 0.6 is 11.6 Å². The Morgan fingerprint density at radius 3 is 2.75 bits per heavy atom. The van der Waals surface area contributed by atoms with Gasteiger partial charge in [-0.25, -0.2) is 18.2 Å². The van der Waals surface area contributed by atoms with E-state index in [4.69, 9.17) is 11.6 Å². The van der Waals surface area contributed by atoms with Gasteiger partial charge in [-0.05, 0) is 19.6 Å². The van der Waals surface area contributed by atoms with E-state index in [0.717, 1.165) is 12.8 Å². The van der Waals surface area contributed by atoms with Crippen molar-refractivity contribution in [3.63, 3.8) is 0 Å². The average Bonchev–Trinajstić information content (AvgIpc) is 3.55. The highest BCUT2D eigenvalue weighted by atomic mass is 35.5. The second-order valence-electron chi connectivity index (χ2n) is 10.0. The summed E-state index contributed by atoms with van der Waals surface area (Å²) in [6.07, 6.45) is 7.86. The molecular formula is C24H23ClF3N7O. The second kappa shape index (κ2) is 8.09. The molecule has 2 aromatic rings. The van der Waals surface area contributed by atoms with E-state index in [9.17, 15) is 13.6 Å². The number of fused-ring (bicyclic) bond motifs is 1. The molecule has 2 aliphatic heterocycles. The van der Waals surface area contributed by atoms with Gasteiger partial charge in [0.15, 0.2) is 5.82 Å². The number of rotatable bonds is 6. The number of alkyl halides is 2. The molecule has 1 spiro atoms. The molecule has 0 bridgehead atoms. The average molecular weight is 518 g/mol. The van der Waals surface area contributed by atoms with E-state index in [1.54, 1.807) is 34.6 Å². The van der Waals surface area contributed by atoms with Crippen molar-refractivity contribution in [3.05, 3.63) is 40.8 Å². The fourth-order valence-corrected chi connectivity index (χ4v) is 5.66. The molecule has 3 heterocycles. The van der Waals surface area contributed by atoms with Gasteiger partial charge in [0, 0.05) is 66.8 Å². The first-order valence-electron chi connectivity index (χ1n) is 11.7. The van der Waals surface area contributed by atoms with Crippen LogP contribution in [-0.4, -0.2) is 59.5 Å². The van der Waals surface area contributed by atoms with E-state index in [1.807, 2.05) is 0 Å². The Kier molecular flexibility index (Phi) is 5.19. The zero-order valence-electron chi connectivity index (χ0n) is 19.2. The van der Waals surface area contributed by atoms with Crippen LogP contribution < -0.4 is 10.2 Å². The van der Waals surface area contributed by atoms with Crippen LogP contribution in [0.4, 0.5) is 18.9 Å². The van der Waals surface area contributed by atoms with Crippen molar-refractivity contribution in [2.45, 2.75) is 31.6 Å². The maximum absolute atomic E-state index is 15.7. The number of nitrogens with zero attached hydrogens (tertiary/aromatic N) is 5. The zero-order valence-corrected chi connectivity index (χ0v) is 20.0. The number of aromatic amines is 1. The third-order valence-corrected chi connectivity index (χ3v) is 7.48. The highest BCUT2D eigenvalue weighted by Gasteiger charge is 2.62. The molecule has 188 valence electrons. The lowest BCUT2D eigenvalue weighted by Crippen LogP contribution is -2.66. The minimum Gasteiger partial charge on any atom is -0.366 e. The van der Waals surface area contributed by atoms with Crippen LogP contribution in [-0.2, 0) is 4.79 Å². The molecule has 8 nitrogen and oxygen atoms in total. The minimum atomic E-state index is -2.64. The second-order valence-corrected chi connectivity index (χ2v) is 10.4. The van der Waals surface area contributed by atoms with Crippen LogP contribution in [0.15, 0.2) is 34.4 Å². The molecule has 1 amide bonds. The number of H-pyrrole nitrogens is 1. The number of hydrogen-bond acceptors (Lipinski definition) is 6. The van der Waals surface area contributed by atoms with Gasteiger partial charge in [-0.3, -0.25) is 14.9 Å². The largest absolute Gasteiger partial charge is 0.366 e. The van der Waals surface area contributed by atoms with Crippen LogP contribution in [0.1, 0.15) is 31.2 Å². The van der Waals surface area contributed by atoms with Crippen LogP contribution in [0.3, 0.4) is 0 Å². The number of carbonyl (C=O) groups is 1. The molecule has 0 unspecified atom stereocenters. The van der Waals surface area contributed by atoms with Crippen LogP contribution in [0.2, 0.25) is 5.02 Å². The summed E-state index contributed by atoms with van der Waals surface area (Å²) in [4.78, 5) is 23.9. The predicted octanol–water partition coefficient (Wildman–Crippen LogP) is 4.30. The highest BCUT2D eigenvalue weighted by molar-refractivity contribution is 6.34. The first kappa shape index (κ1) is 23.1. The van der Waals surface area contributed by atoms with E-state index in [-0.39, 0.29) is 35.4 Å². The standard InChI is InChI=1S/C24H23ClF3N7O/c1-29-16(32-22(36)13-2-3-13)8-34-5-4-30-15(7-34)17-14-6-31-33-20(14)21(19(26)18(17)25)35-11-23(12-35)9-24(27,28)10-23/h4,6-8,13H,1-3,5,9-12H2,(H,31,33)(H,32,36)/b16-8+. The first-order chi connectivity index (χ1) is 17.2. The molecule has 0 atom stereocenters. The number of aliphatic imine (C=N–C) groups is 2. The van der Waals surface area contributed by atoms with Gasteiger partial charge in [-0.2, -0.15) is 5.10 Å². The molecule has 2 aliphatic carbocycles. The smallest absolute Gasteiger partial charge is 0.249 e. The first-order valence-corrected chi connectivity index (χ1v) is 12.0. The van der Waals surface area contributed by atoms with Crippen molar-refractivity contribution in [3.8, 4) is 0 Å². The normalized spacial score (nSPS) is 22.3. The minimum absolute atomic E-state index is 0.0147. The van der Waals surface area contributed by atoms with Gasteiger partial charge in [-0.1, -0.05) is 11.6 Å². The SMILES string of the molecule is C=N/C(=C\N1C=C(c2c(Cl)c(F)c(N3CC4(C3)CC(F)(F)C4)c3[nH]ncc23)N=CC1)NC(=O)C1CC1. The summed E-state index contributed by atoms with van der Waals surface area (Å²) in [5.74, 6) is -3.07. The van der Waals surface area contributed by atoms with E-state index in [1.165, 1.54) is 0 Å². The molecule has 2 N–H and O–H groups in total. The Hall–Kier alpha value is -3.34. The van der Waals surface area contributed by atoms with E-state index >= 15 is 4.39 Å². The summed E-state index contributed by atoms with van der Waals surface area (Å²) in [7, 11) is 0. The topological polar surface area (TPSA) is 89.0 Å². The highest BCUT2D eigenvalue weighted by Crippen LogP contribution is 2.58. The molecule has 0 radical (unpaired) electrons. The number of hydrogen-bond donors (Lipinski definition) is 2. The molecular weight excluding hydrogens is 495 g/mol. The van der Waals surface area contributed by atoms with Gasteiger partial charge in [0.2, 0.25) is 11.8 Å². The summed E-state index contributed by atoms with van der Waals surface area (Å²) in [6, 6.07) is 0. The summed E-state index contributed by atoms with van der Waals surface area (Å²) in [6.45, 7) is 4.60. The van der Waals surface area contributed by atoms with Crippen molar-refractivity contribution < 1.29 is 18.0 Å². The van der Waals surface area contributed by atoms with E-state index < -0.39 is 17.2 Å². The Morgan fingerprint density at radius 1 is 1.33 bits per heavy atom. The third kappa shape index (κ3) is 3.85. The van der Waals surface area contributed by atoms with Crippen molar-refractivity contribution in [1.82, 2.24) is 20.4 Å². The summed E-state index contributed by atoms with van der Waals surface area (Å²) < 4.78 is 42.5. The Labute approximate surface area is 209 Å². The molecule has 1 saturated heterocycles. The lowest BCUT2D eigenvalue weighted by atomic mass is 9.61. The lowest BCUT2D eigenvalue weighted by Gasteiger charge is -2.59. The molecule has 4 aliphatic rings. The monoisotopic (exact) mass is 517 g/mol. The summed E-state index contributed by atoms with van der Waals surface area (Å²) >= 11 is 6.55. The van der Waals surface area contributed by atoms with E-state index in [0.29, 0.717) is 47.6 Å². The molecule has 1 aromatic carbocycles. The maximum Gasteiger partial charge on any atom is 0.249 e. The number of nitrogens with one attached hydrogen (secondary N) is 2. The number of halogens is 4. The third-order valence-electron chi connectivity index (χ3n) is 7.13. The summed E-state index contributed by atoms with van der Waals surface area (Å²) in [5.41, 5.74) is 0.950. The zero-order chi connectivity index (χ0) is 25.2. The number of amides is 1. The van der Waals surface area contributed by atoms with Gasteiger partial charge in [-0.15, -0.1) is 0 Å². The van der Waals surface area contributed by atoms with Gasteiger partial charge in [0.25, 0.3) is 0 Å². The number of aromatic nitrogens is 2. The van der Waals surface area contributed by atoms with Gasteiger partial charge in [0.1, 0.15) is 11.5 Å². The van der Waals surface area contributed by atoms with Crippen molar-refractivity contribution in [2.24, 2.45) is 21.3 Å². The molecule has 6 rings (SSSR count). The fraction of sp³-hybridized carbons (Fsp3) is 0.417. The van der Waals surface area contributed by atoms with E-state index in [2.05, 4.69) is 32.2 Å². The number of anilines is 1. The van der Waals surface area contributed by atoms with Crippen molar-refractivity contribution >= 4 is 52.7 Å². The number of benzene rings is 1. The Morgan fingerprint density at radius 2 is 2.08 bits per heavy atom. The van der Waals surface area contributed by atoms with Crippen LogP contribution in [0, 0.1) is 17.2 Å². The predicted molar refractivity (Wildman–Crippen MR) is 132 cm³/mol. The van der Waals surface area contributed by atoms with Crippen molar-refractivity contribution in [2.75, 3.05) is 24.5 Å². The molecule has 3 fully saturated rings. The van der Waals surface area contributed by atoms with Crippen LogP contribution in [0.5, 0.6) is 0 Å². The Balaban J connectivity index is 1.31. The molecule has 36 heavy (non-hydrogen) atoms. The molecule has 1 aromatic heterocycles. The lowest BCUT2D eigenvalue weighted by molar-refractivity contribution is -0.170. The quantitative estimate of drug-likeness (QED) is 0.559. The maximum atomic E-state index is 15.7. The Bertz CT molecular complexity index is 1360. The fourth-order valence-electron chi connectivity index (χ4n) is 5.38.